The minimum Gasteiger partial charge on any atom is -0.435 e. The third kappa shape index (κ3) is 4.48. The van der Waals surface area contributed by atoms with Crippen molar-refractivity contribution >= 4 is 35.0 Å². The van der Waals surface area contributed by atoms with Crippen LogP contribution in [0.25, 0.3) is 0 Å². The molecule has 1 heterocycles. The third-order valence-electron chi connectivity index (χ3n) is 3.44. The molecule has 1 aliphatic rings. The van der Waals surface area contributed by atoms with Gasteiger partial charge in [-0.05, 0) is 42.5 Å². The molecule has 2 aromatic rings. The van der Waals surface area contributed by atoms with Crippen molar-refractivity contribution in [2.24, 2.45) is 0 Å². The van der Waals surface area contributed by atoms with Gasteiger partial charge in [0.25, 0.3) is 5.91 Å². The molecule has 0 saturated carbocycles. The third-order valence-corrected chi connectivity index (χ3v) is 4.52. The minimum atomic E-state index is -2.90. The number of halogens is 2. The van der Waals surface area contributed by atoms with E-state index in [1.807, 2.05) is 0 Å². The van der Waals surface area contributed by atoms with Crippen molar-refractivity contribution in [1.82, 2.24) is 0 Å². The van der Waals surface area contributed by atoms with E-state index in [0.717, 1.165) is 4.90 Å². The lowest BCUT2D eigenvalue weighted by Crippen LogP contribution is -2.14. The Balaban J connectivity index is 1.72. The summed E-state index contributed by atoms with van der Waals surface area (Å²) in [6.45, 7) is -2.90. The molecular formula is C17H14F2N2O3S. The van der Waals surface area contributed by atoms with E-state index in [4.69, 9.17) is 0 Å². The quantitative estimate of drug-likeness (QED) is 0.861. The highest BCUT2D eigenvalue weighted by molar-refractivity contribution is 7.99. The number of alkyl halides is 2. The number of nitrogens with one attached hydrogen (secondary N) is 2. The Labute approximate surface area is 146 Å². The second-order valence-electron chi connectivity index (χ2n) is 5.21. The van der Waals surface area contributed by atoms with Gasteiger partial charge in [-0.15, -0.1) is 11.8 Å². The number of carbonyl (C=O) groups excluding carboxylic acids is 2. The van der Waals surface area contributed by atoms with E-state index in [-0.39, 0.29) is 17.6 Å². The van der Waals surface area contributed by atoms with E-state index in [2.05, 4.69) is 15.4 Å². The summed E-state index contributed by atoms with van der Waals surface area (Å²) in [6.07, 6.45) is 0.425. The smallest absolute Gasteiger partial charge is 0.387 e. The molecule has 25 heavy (non-hydrogen) atoms. The molecule has 2 aromatic carbocycles. The van der Waals surface area contributed by atoms with Crippen LogP contribution in [0.15, 0.2) is 47.4 Å². The Morgan fingerprint density at radius 1 is 1.20 bits per heavy atom. The van der Waals surface area contributed by atoms with Gasteiger partial charge in [0.15, 0.2) is 0 Å². The van der Waals surface area contributed by atoms with Gasteiger partial charge in [0.1, 0.15) is 5.75 Å². The lowest BCUT2D eigenvalue weighted by Gasteiger charge is -2.10. The normalized spacial score (nSPS) is 13.6. The number of rotatable bonds is 4. The first-order chi connectivity index (χ1) is 12.0. The monoisotopic (exact) mass is 364 g/mol. The molecule has 0 bridgehead atoms. The molecule has 0 atom stereocenters. The Kier molecular flexibility index (Phi) is 5.18. The van der Waals surface area contributed by atoms with E-state index in [1.165, 1.54) is 24.3 Å². The zero-order valence-corrected chi connectivity index (χ0v) is 13.7. The molecule has 130 valence electrons. The zero-order chi connectivity index (χ0) is 17.8. The van der Waals surface area contributed by atoms with E-state index < -0.39 is 6.61 Å². The molecule has 0 fully saturated rings. The van der Waals surface area contributed by atoms with Gasteiger partial charge < -0.3 is 15.4 Å². The van der Waals surface area contributed by atoms with Crippen LogP contribution in [0.2, 0.25) is 0 Å². The first-order valence-corrected chi connectivity index (χ1v) is 8.43. The number of fused-ring (bicyclic) bond motifs is 1. The molecule has 8 heteroatoms. The average molecular weight is 364 g/mol. The maximum Gasteiger partial charge on any atom is 0.387 e. The van der Waals surface area contributed by atoms with Gasteiger partial charge in [0.05, 0.1) is 5.69 Å². The highest BCUT2D eigenvalue weighted by atomic mass is 32.2. The van der Waals surface area contributed by atoms with Crippen LogP contribution < -0.4 is 15.4 Å². The lowest BCUT2D eigenvalue weighted by molar-refractivity contribution is -0.115. The molecule has 0 aromatic heterocycles. The number of hydrogen-bond donors (Lipinski definition) is 2. The standard InChI is InChI=1S/C17H14F2N2O3S/c18-17(19)24-12-4-2-11(3-5-12)20-16(23)10-1-6-14-13(9-10)21-15(22)7-8-25-14/h1-6,9,17H,7-8H2,(H,20,23)(H,21,22). The van der Waals surface area contributed by atoms with Crippen molar-refractivity contribution in [3.05, 3.63) is 48.0 Å². The summed E-state index contributed by atoms with van der Waals surface area (Å²) in [7, 11) is 0. The summed E-state index contributed by atoms with van der Waals surface area (Å²) in [5, 5.41) is 5.45. The number of ether oxygens (including phenoxy) is 1. The number of thioether (sulfide) groups is 1. The highest BCUT2D eigenvalue weighted by Gasteiger charge is 2.16. The number of amides is 2. The van der Waals surface area contributed by atoms with Crippen molar-refractivity contribution in [2.45, 2.75) is 17.9 Å². The molecule has 5 nitrogen and oxygen atoms in total. The van der Waals surface area contributed by atoms with Gasteiger partial charge in [-0.25, -0.2) is 0 Å². The van der Waals surface area contributed by atoms with Crippen LogP contribution in [-0.4, -0.2) is 24.2 Å². The molecule has 2 N–H and O–H groups in total. The zero-order valence-electron chi connectivity index (χ0n) is 12.9. The largest absolute Gasteiger partial charge is 0.435 e. The van der Waals surface area contributed by atoms with Gasteiger partial charge in [-0.1, -0.05) is 0 Å². The van der Waals surface area contributed by atoms with Crippen LogP contribution in [0.4, 0.5) is 20.2 Å². The molecule has 0 spiro atoms. The van der Waals surface area contributed by atoms with Crippen molar-refractivity contribution in [3.63, 3.8) is 0 Å². The van der Waals surface area contributed by atoms with Crippen LogP contribution in [0.1, 0.15) is 16.8 Å². The maximum absolute atomic E-state index is 12.3. The molecule has 3 rings (SSSR count). The Morgan fingerprint density at radius 2 is 1.96 bits per heavy atom. The topological polar surface area (TPSA) is 67.4 Å². The molecular weight excluding hydrogens is 350 g/mol. The van der Waals surface area contributed by atoms with Crippen molar-refractivity contribution in [3.8, 4) is 5.75 Å². The molecule has 2 amide bonds. The fourth-order valence-corrected chi connectivity index (χ4v) is 3.22. The number of hydrogen-bond acceptors (Lipinski definition) is 4. The minimum absolute atomic E-state index is 0.0118. The highest BCUT2D eigenvalue weighted by Crippen LogP contribution is 2.31. The van der Waals surface area contributed by atoms with E-state index >= 15 is 0 Å². The molecule has 0 saturated heterocycles. The van der Waals surface area contributed by atoms with Gasteiger partial charge >= 0.3 is 6.61 Å². The molecule has 1 aliphatic heterocycles. The number of benzene rings is 2. The van der Waals surface area contributed by atoms with Crippen molar-refractivity contribution < 1.29 is 23.1 Å². The average Bonchev–Trinajstić information content (AvgIpc) is 2.76. The summed E-state index contributed by atoms with van der Waals surface area (Å²) >= 11 is 1.55. The first-order valence-electron chi connectivity index (χ1n) is 7.44. The van der Waals surface area contributed by atoms with Crippen LogP contribution in [0.3, 0.4) is 0 Å². The van der Waals surface area contributed by atoms with Gasteiger partial charge in [-0.3, -0.25) is 9.59 Å². The second-order valence-corrected chi connectivity index (χ2v) is 6.35. The van der Waals surface area contributed by atoms with Gasteiger partial charge in [0.2, 0.25) is 5.91 Å². The Morgan fingerprint density at radius 3 is 2.68 bits per heavy atom. The summed E-state index contributed by atoms with van der Waals surface area (Å²) in [6, 6.07) is 10.7. The van der Waals surface area contributed by atoms with Gasteiger partial charge in [-0.2, -0.15) is 8.78 Å². The summed E-state index contributed by atoms with van der Waals surface area (Å²) in [5.41, 5.74) is 1.44. The predicted octanol–water partition coefficient (Wildman–Crippen LogP) is 3.97. The second kappa shape index (κ2) is 7.52. The lowest BCUT2D eigenvalue weighted by atomic mass is 10.1. The Hall–Kier alpha value is -2.61. The van der Waals surface area contributed by atoms with Crippen LogP contribution in [-0.2, 0) is 4.79 Å². The number of carbonyl (C=O) groups is 2. The summed E-state index contributed by atoms with van der Waals surface area (Å²) in [4.78, 5) is 24.9. The fourth-order valence-electron chi connectivity index (χ4n) is 2.28. The van der Waals surface area contributed by atoms with Crippen molar-refractivity contribution in [2.75, 3.05) is 16.4 Å². The predicted molar refractivity (Wildman–Crippen MR) is 91.4 cm³/mol. The van der Waals surface area contributed by atoms with E-state index in [9.17, 15) is 18.4 Å². The van der Waals surface area contributed by atoms with Crippen molar-refractivity contribution in [1.29, 1.82) is 0 Å². The maximum atomic E-state index is 12.3. The Bertz CT molecular complexity index is 797. The first kappa shape index (κ1) is 17.2. The molecule has 0 aliphatic carbocycles. The van der Waals surface area contributed by atoms with Crippen LogP contribution in [0, 0.1) is 0 Å². The van der Waals surface area contributed by atoms with Crippen LogP contribution >= 0.6 is 11.8 Å². The summed E-state index contributed by atoms with van der Waals surface area (Å²) < 4.78 is 28.5. The number of anilines is 2. The van der Waals surface area contributed by atoms with Crippen LogP contribution in [0.5, 0.6) is 5.75 Å². The summed E-state index contributed by atoms with van der Waals surface area (Å²) in [5.74, 6) is 0.252. The van der Waals surface area contributed by atoms with Gasteiger partial charge in [0, 0.05) is 28.3 Å². The molecule has 0 unspecified atom stereocenters. The molecule has 0 radical (unpaired) electrons. The van der Waals surface area contributed by atoms with E-state index in [0.29, 0.717) is 29.1 Å². The van der Waals surface area contributed by atoms with E-state index in [1.54, 1.807) is 30.0 Å². The fraction of sp³-hybridized carbons (Fsp3) is 0.176. The SMILES string of the molecule is O=C1CCSc2ccc(C(=O)Nc3ccc(OC(F)F)cc3)cc2N1.